The van der Waals surface area contributed by atoms with E-state index in [9.17, 15) is 32.5 Å². The first-order valence-electron chi connectivity index (χ1n) is 8.31. The van der Waals surface area contributed by atoms with E-state index in [-0.39, 0.29) is 54.4 Å². The van der Waals surface area contributed by atoms with E-state index in [1.54, 1.807) is 6.92 Å². The molecular weight excluding hydrogens is 419 g/mol. The van der Waals surface area contributed by atoms with Crippen LogP contribution in [0.2, 0.25) is 0 Å². The molecule has 0 spiro atoms. The molecule has 29 heavy (non-hydrogen) atoms. The predicted octanol–water partition coefficient (Wildman–Crippen LogP) is -2.50. The van der Waals surface area contributed by atoms with Gasteiger partial charge in [0.25, 0.3) is 0 Å². The van der Waals surface area contributed by atoms with Crippen molar-refractivity contribution < 1.29 is 76.2 Å². The Morgan fingerprint density at radius 2 is 1.62 bits per heavy atom. The van der Waals surface area contributed by atoms with Crippen LogP contribution >= 0.6 is 0 Å². The van der Waals surface area contributed by atoms with Gasteiger partial charge in [0, 0.05) is 5.57 Å². The molecule has 0 fully saturated rings. The van der Waals surface area contributed by atoms with Gasteiger partial charge < -0.3 is 23.9 Å². The second-order valence-corrected chi connectivity index (χ2v) is 8.45. The summed E-state index contributed by atoms with van der Waals surface area (Å²) in [5, 5.41) is 9.53. The summed E-state index contributed by atoms with van der Waals surface area (Å²) in [6.45, 7) is 8.10. The number of hydrogen-bond donors (Lipinski definition) is 1. The summed E-state index contributed by atoms with van der Waals surface area (Å²) in [7, 11) is -2.52. The van der Waals surface area contributed by atoms with Crippen LogP contribution in [0.3, 0.4) is 0 Å². The molecule has 12 heteroatoms. The smallest absolute Gasteiger partial charge is 0.748 e. The Kier molecular flexibility index (Phi) is 12.5. The molecule has 0 radical (unpaired) electrons. The van der Waals surface area contributed by atoms with Crippen LogP contribution < -0.4 is 29.6 Å². The predicted molar refractivity (Wildman–Crippen MR) is 95.6 cm³/mol. The molecule has 162 valence electrons. The van der Waals surface area contributed by atoms with Crippen LogP contribution in [0.5, 0.6) is 0 Å². The van der Waals surface area contributed by atoms with Crippen LogP contribution in [0, 0.1) is 10.8 Å². The molecule has 0 amide bonds. The third kappa shape index (κ3) is 9.58. The molecule has 0 aliphatic carbocycles. The van der Waals surface area contributed by atoms with E-state index in [1.165, 1.54) is 13.8 Å². The maximum absolute atomic E-state index is 12.5. The number of rotatable bonds is 11. The van der Waals surface area contributed by atoms with E-state index < -0.39 is 50.9 Å². The summed E-state index contributed by atoms with van der Waals surface area (Å²) in [4.78, 5) is 36.5. The van der Waals surface area contributed by atoms with Crippen molar-refractivity contribution in [3.05, 3.63) is 12.2 Å². The zero-order valence-corrected chi connectivity index (χ0v) is 20.5. The number of aliphatic hydroxyl groups is 1. The number of carbonyl (C=O) groups is 3. The second-order valence-electron chi connectivity index (χ2n) is 7.00. The monoisotopic (exact) mass is 446 g/mol. The van der Waals surface area contributed by atoms with Gasteiger partial charge in [0.2, 0.25) is 6.29 Å². The largest absolute Gasteiger partial charge is 1.00 e. The standard InChI is InChI=1S/C17H28O10S.Na/c1-7-16(3,15(21)27-12(18)9-28(22,23)24)10-17(4,14(20)26-6)8-11(2)13(19)25-5;/h12,18H,2,7-10H2,1,3-6H3,(H,22,23,24);/q;+1/p-1. The Bertz CT molecular complexity index is 720. The first kappa shape index (κ1) is 30.2. The number of ether oxygens (including phenoxy) is 3. The number of aliphatic hydroxyl groups excluding tert-OH is 1. The Morgan fingerprint density at radius 3 is 2.00 bits per heavy atom. The van der Waals surface area contributed by atoms with Crippen molar-refractivity contribution in [3.8, 4) is 0 Å². The van der Waals surface area contributed by atoms with Gasteiger partial charge in [0.05, 0.1) is 25.0 Å². The summed E-state index contributed by atoms with van der Waals surface area (Å²) in [6.07, 6.45) is -2.35. The fourth-order valence-electron chi connectivity index (χ4n) is 2.82. The molecule has 1 N–H and O–H groups in total. The molecule has 0 aromatic carbocycles. The van der Waals surface area contributed by atoms with Gasteiger partial charge in [-0.2, -0.15) is 0 Å². The van der Waals surface area contributed by atoms with E-state index >= 15 is 0 Å². The number of esters is 3. The molecule has 0 aromatic rings. The maximum Gasteiger partial charge on any atom is 1.00 e. The fraction of sp³-hybridized carbons (Fsp3) is 0.706. The number of methoxy groups -OCH3 is 2. The van der Waals surface area contributed by atoms with Crippen LogP contribution in [-0.4, -0.2) is 62.2 Å². The van der Waals surface area contributed by atoms with Crippen LogP contribution in [-0.2, 0) is 38.7 Å². The topological polar surface area (TPSA) is 156 Å². The zero-order chi connectivity index (χ0) is 22.3. The quantitative estimate of drug-likeness (QED) is 0.0899. The number of hydrogen-bond acceptors (Lipinski definition) is 10. The van der Waals surface area contributed by atoms with Crippen molar-refractivity contribution in [2.75, 3.05) is 20.0 Å². The molecule has 0 bridgehead atoms. The van der Waals surface area contributed by atoms with Crippen LogP contribution in [0.4, 0.5) is 0 Å². The van der Waals surface area contributed by atoms with Gasteiger partial charge in [-0.05, 0) is 33.1 Å². The van der Waals surface area contributed by atoms with Crippen molar-refractivity contribution in [3.63, 3.8) is 0 Å². The minimum atomic E-state index is -4.82. The number of carbonyl (C=O) groups excluding carboxylic acids is 3. The SMILES string of the molecule is C=C(CC(C)(CC(C)(CC)C(=O)OC(O)CS(=O)(=O)[O-])C(=O)OC)C(=O)OC.[Na+]. The minimum Gasteiger partial charge on any atom is -0.748 e. The Hall–Kier alpha value is -0.980. The molecule has 0 aromatic heterocycles. The summed E-state index contributed by atoms with van der Waals surface area (Å²) in [5.74, 6) is -3.75. The third-order valence-corrected chi connectivity index (χ3v) is 5.09. The van der Waals surface area contributed by atoms with Crippen LogP contribution in [0.15, 0.2) is 12.2 Å². The fourth-order valence-corrected chi connectivity index (χ4v) is 3.24. The van der Waals surface area contributed by atoms with Crippen LogP contribution in [0.1, 0.15) is 40.0 Å². The van der Waals surface area contributed by atoms with Crippen LogP contribution in [0.25, 0.3) is 0 Å². The van der Waals surface area contributed by atoms with Gasteiger partial charge in [0.15, 0.2) is 0 Å². The van der Waals surface area contributed by atoms with E-state index in [4.69, 9.17) is 4.74 Å². The van der Waals surface area contributed by atoms with Gasteiger partial charge in [-0.15, -0.1) is 0 Å². The normalized spacial score (nSPS) is 16.2. The minimum absolute atomic E-state index is 0. The third-order valence-electron chi connectivity index (χ3n) is 4.40. The van der Waals surface area contributed by atoms with Crippen molar-refractivity contribution in [2.24, 2.45) is 10.8 Å². The Labute approximate surface area is 193 Å². The summed E-state index contributed by atoms with van der Waals surface area (Å²) in [5.41, 5.74) is -2.76. The molecule has 0 saturated carbocycles. The maximum atomic E-state index is 12.5. The van der Waals surface area contributed by atoms with Gasteiger partial charge in [-0.25, -0.2) is 13.2 Å². The Morgan fingerprint density at radius 1 is 1.10 bits per heavy atom. The van der Waals surface area contributed by atoms with Gasteiger partial charge in [-0.3, -0.25) is 9.59 Å². The van der Waals surface area contributed by atoms with Crippen molar-refractivity contribution >= 4 is 28.0 Å². The Balaban J connectivity index is 0. The molecule has 0 rings (SSSR count). The van der Waals surface area contributed by atoms with E-state index in [1.807, 2.05) is 0 Å². The van der Waals surface area contributed by atoms with Gasteiger partial charge in [-0.1, -0.05) is 13.5 Å². The molecule has 3 atom stereocenters. The summed E-state index contributed by atoms with van der Waals surface area (Å²) in [6, 6.07) is 0. The van der Waals surface area contributed by atoms with E-state index in [0.717, 1.165) is 14.2 Å². The van der Waals surface area contributed by atoms with E-state index in [0.29, 0.717) is 0 Å². The average molecular weight is 446 g/mol. The van der Waals surface area contributed by atoms with Crippen molar-refractivity contribution in [1.29, 1.82) is 0 Å². The molecule has 0 saturated heterocycles. The van der Waals surface area contributed by atoms with Gasteiger partial charge >= 0.3 is 47.5 Å². The van der Waals surface area contributed by atoms with Crippen molar-refractivity contribution in [2.45, 2.75) is 46.3 Å². The first-order chi connectivity index (χ1) is 12.6. The molecule has 10 nitrogen and oxygen atoms in total. The average Bonchev–Trinajstić information content (AvgIpc) is 2.57. The summed E-state index contributed by atoms with van der Waals surface area (Å²) >= 11 is 0. The second kappa shape index (κ2) is 12.0. The molecule has 3 unspecified atom stereocenters. The molecule has 0 aliphatic heterocycles. The van der Waals surface area contributed by atoms with E-state index in [2.05, 4.69) is 16.1 Å². The summed E-state index contributed by atoms with van der Waals surface area (Å²) < 4.78 is 46.1. The molecule has 0 aliphatic rings. The molecular formula is C17H27NaO10S. The van der Waals surface area contributed by atoms with Crippen molar-refractivity contribution in [1.82, 2.24) is 0 Å². The first-order valence-corrected chi connectivity index (χ1v) is 9.89. The van der Waals surface area contributed by atoms with Gasteiger partial charge in [0.1, 0.15) is 15.9 Å². The zero-order valence-electron chi connectivity index (χ0n) is 17.6. The molecule has 0 heterocycles.